The number of halogens is 5. The number of aliphatic hydroxyl groups excluding tert-OH is 1. The summed E-state index contributed by atoms with van der Waals surface area (Å²) in [5.74, 6) is -1.43. The van der Waals surface area contributed by atoms with Gasteiger partial charge in [-0.3, -0.25) is 0 Å². The van der Waals surface area contributed by atoms with Gasteiger partial charge in [0.05, 0.1) is 10.6 Å². The van der Waals surface area contributed by atoms with Crippen molar-refractivity contribution in [1.82, 2.24) is 4.98 Å². The second-order valence-corrected chi connectivity index (χ2v) is 2.85. The number of alkyl halides is 3. The molecule has 1 aromatic rings. The van der Waals surface area contributed by atoms with Gasteiger partial charge in [-0.2, -0.15) is 17.6 Å². The molecule has 0 spiro atoms. The first kappa shape index (κ1) is 11.2. The van der Waals surface area contributed by atoms with E-state index in [0.29, 0.717) is 0 Å². The van der Waals surface area contributed by atoms with Crippen LogP contribution in [0.15, 0.2) is 12.3 Å². The number of hydrogen-bond acceptors (Lipinski definition) is 2. The molecule has 1 heterocycles. The highest BCUT2D eigenvalue weighted by Gasteiger charge is 2.42. The van der Waals surface area contributed by atoms with E-state index < -0.39 is 28.8 Å². The van der Waals surface area contributed by atoms with E-state index in [1.54, 1.807) is 0 Å². The molecule has 2 nitrogen and oxygen atoms in total. The van der Waals surface area contributed by atoms with Crippen molar-refractivity contribution in [1.29, 1.82) is 0 Å². The number of aliphatic hydroxyl groups is 1. The number of hydrogen-bond donors (Lipinski definition) is 1. The van der Waals surface area contributed by atoms with Crippen molar-refractivity contribution in [2.45, 2.75) is 12.3 Å². The lowest BCUT2D eigenvalue weighted by atomic mass is 10.1. The van der Waals surface area contributed by atoms with Crippen molar-refractivity contribution in [3.63, 3.8) is 0 Å². The Hall–Kier alpha value is -0.880. The molecule has 1 atom stereocenters. The van der Waals surface area contributed by atoms with Crippen LogP contribution in [0.25, 0.3) is 0 Å². The third-order valence-electron chi connectivity index (χ3n) is 1.47. The lowest BCUT2D eigenvalue weighted by Gasteiger charge is -2.15. The van der Waals surface area contributed by atoms with E-state index >= 15 is 0 Å². The summed E-state index contributed by atoms with van der Waals surface area (Å²) < 4.78 is 48.8. The molecule has 0 saturated heterocycles. The molecule has 7 heteroatoms. The average molecular weight is 230 g/mol. The average Bonchev–Trinajstić information content (AvgIpc) is 2.01. The molecule has 14 heavy (non-hydrogen) atoms. The largest absolute Gasteiger partial charge is 0.418 e. The first-order valence-corrected chi connectivity index (χ1v) is 3.76. The van der Waals surface area contributed by atoms with Gasteiger partial charge >= 0.3 is 6.18 Å². The SMILES string of the molecule is OC(c1c(Cl)ccnc1F)C(F)(F)F. The second kappa shape index (κ2) is 3.70. The first-order chi connectivity index (χ1) is 6.34. The Morgan fingerprint density at radius 3 is 2.43 bits per heavy atom. The number of rotatable bonds is 1. The van der Waals surface area contributed by atoms with E-state index in [0.717, 1.165) is 12.3 Å². The molecule has 0 fully saturated rings. The number of aromatic nitrogens is 1. The molecule has 0 aromatic carbocycles. The third-order valence-corrected chi connectivity index (χ3v) is 1.80. The molecule has 1 aromatic heterocycles. The van der Waals surface area contributed by atoms with Crippen molar-refractivity contribution >= 4 is 11.6 Å². The highest BCUT2D eigenvalue weighted by atomic mass is 35.5. The molecule has 0 aliphatic heterocycles. The maximum absolute atomic E-state index is 12.8. The minimum Gasteiger partial charge on any atom is -0.379 e. The van der Waals surface area contributed by atoms with Crippen LogP contribution in [-0.4, -0.2) is 16.3 Å². The van der Waals surface area contributed by atoms with Gasteiger partial charge < -0.3 is 5.11 Å². The van der Waals surface area contributed by atoms with Crippen molar-refractivity contribution in [2.24, 2.45) is 0 Å². The van der Waals surface area contributed by atoms with Gasteiger partial charge in [0.2, 0.25) is 5.95 Å². The number of nitrogens with zero attached hydrogens (tertiary/aromatic N) is 1. The van der Waals surface area contributed by atoms with E-state index in [2.05, 4.69) is 4.98 Å². The van der Waals surface area contributed by atoms with Gasteiger partial charge in [-0.05, 0) is 6.07 Å². The highest BCUT2D eigenvalue weighted by Crippen LogP contribution is 2.36. The van der Waals surface area contributed by atoms with Crippen LogP contribution in [0.5, 0.6) is 0 Å². The van der Waals surface area contributed by atoms with Gasteiger partial charge in [0.1, 0.15) is 0 Å². The van der Waals surface area contributed by atoms with E-state index in [4.69, 9.17) is 16.7 Å². The molecule has 0 radical (unpaired) electrons. The van der Waals surface area contributed by atoms with Gasteiger partial charge in [0, 0.05) is 6.20 Å². The quantitative estimate of drug-likeness (QED) is 0.593. The molecule has 0 aliphatic carbocycles. The van der Waals surface area contributed by atoms with Crippen LogP contribution >= 0.6 is 11.6 Å². The lowest BCUT2D eigenvalue weighted by molar-refractivity contribution is -0.207. The zero-order chi connectivity index (χ0) is 10.9. The summed E-state index contributed by atoms with van der Waals surface area (Å²) in [5, 5.41) is 8.22. The molecule has 0 saturated carbocycles. The first-order valence-electron chi connectivity index (χ1n) is 3.38. The summed E-state index contributed by atoms with van der Waals surface area (Å²) in [6.45, 7) is 0. The topological polar surface area (TPSA) is 33.1 Å². The molecule has 1 N–H and O–H groups in total. The van der Waals surface area contributed by atoms with Crippen molar-refractivity contribution in [3.05, 3.63) is 28.8 Å². The standard InChI is InChI=1S/C7H4ClF4NO/c8-3-1-2-13-6(9)4(3)5(14)7(10,11)12/h1-2,5,14H. The van der Waals surface area contributed by atoms with E-state index in [9.17, 15) is 17.6 Å². The Labute approximate surface area is 81.1 Å². The molecule has 1 rings (SSSR count). The van der Waals surface area contributed by atoms with Gasteiger partial charge in [-0.25, -0.2) is 4.98 Å². The molecule has 0 aliphatic rings. The van der Waals surface area contributed by atoms with Crippen LogP contribution in [0.3, 0.4) is 0 Å². The van der Waals surface area contributed by atoms with Gasteiger partial charge in [0.25, 0.3) is 0 Å². The van der Waals surface area contributed by atoms with Crippen molar-refractivity contribution < 1.29 is 22.7 Å². The van der Waals surface area contributed by atoms with E-state index in [-0.39, 0.29) is 0 Å². The van der Waals surface area contributed by atoms with E-state index in [1.807, 2.05) is 0 Å². The Morgan fingerprint density at radius 2 is 2.00 bits per heavy atom. The van der Waals surface area contributed by atoms with E-state index in [1.165, 1.54) is 0 Å². The fourth-order valence-electron chi connectivity index (χ4n) is 0.833. The van der Waals surface area contributed by atoms with Gasteiger partial charge in [-0.15, -0.1) is 0 Å². The predicted molar refractivity (Wildman–Crippen MR) is 40.2 cm³/mol. The Morgan fingerprint density at radius 1 is 1.43 bits per heavy atom. The normalized spacial score (nSPS) is 14.1. The summed E-state index contributed by atoms with van der Waals surface area (Å²) in [7, 11) is 0. The van der Waals surface area contributed by atoms with Gasteiger partial charge in [-0.1, -0.05) is 11.6 Å². The minimum absolute atomic E-state index is 0.512. The third kappa shape index (κ3) is 2.13. The zero-order valence-corrected chi connectivity index (χ0v) is 7.27. The van der Waals surface area contributed by atoms with Crippen LogP contribution in [0.4, 0.5) is 17.6 Å². The Kier molecular flexibility index (Phi) is 2.96. The molecule has 1 unspecified atom stereocenters. The van der Waals surface area contributed by atoms with Gasteiger partial charge in [0.15, 0.2) is 6.10 Å². The molecule has 0 bridgehead atoms. The maximum Gasteiger partial charge on any atom is 0.418 e. The van der Waals surface area contributed by atoms with Crippen LogP contribution in [-0.2, 0) is 0 Å². The highest BCUT2D eigenvalue weighted by molar-refractivity contribution is 6.31. The van der Waals surface area contributed by atoms with Crippen LogP contribution in [0.1, 0.15) is 11.7 Å². The molecule has 78 valence electrons. The predicted octanol–water partition coefficient (Wildman–Crippen LogP) is 2.47. The molecule has 0 amide bonds. The summed E-state index contributed by atoms with van der Waals surface area (Å²) >= 11 is 5.29. The Balaban J connectivity index is 3.19. The summed E-state index contributed by atoms with van der Waals surface area (Å²) in [6.07, 6.45) is -7.01. The monoisotopic (exact) mass is 229 g/mol. The van der Waals surface area contributed by atoms with Crippen LogP contribution in [0, 0.1) is 5.95 Å². The van der Waals surface area contributed by atoms with Crippen LogP contribution < -0.4 is 0 Å². The maximum atomic E-state index is 12.8. The fraction of sp³-hybridized carbons (Fsp3) is 0.286. The smallest absolute Gasteiger partial charge is 0.379 e. The van der Waals surface area contributed by atoms with Crippen molar-refractivity contribution in [2.75, 3.05) is 0 Å². The lowest BCUT2D eigenvalue weighted by Crippen LogP contribution is -2.22. The zero-order valence-electron chi connectivity index (χ0n) is 6.52. The summed E-state index contributed by atoms with van der Waals surface area (Å²) in [4.78, 5) is 2.96. The molecular formula is C7H4ClF4NO. The van der Waals surface area contributed by atoms with Crippen molar-refractivity contribution in [3.8, 4) is 0 Å². The molecular weight excluding hydrogens is 226 g/mol. The minimum atomic E-state index is -4.96. The summed E-state index contributed by atoms with van der Waals surface area (Å²) in [6, 6.07) is 0.967. The fourth-order valence-corrected chi connectivity index (χ4v) is 1.07. The van der Waals surface area contributed by atoms with Crippen LogP contribution in [0.2, 0.25) is 5.02 Å². The second-order valence-electron chi connectivity index (χ2n) is 2.44. The Bertz CT molecular complexity index is 321. The summed E-state index contributed by atoms with van der Waals surface area (Å²) in [5.41, 5.74) is -1.05. The number of pyridine rings is 1.